The monoisotopic (exact) mass is 410 g/mol. The SMILES string of the molecule is CC1(N=O)CC1c1ccccc1C(=O)Nc1c(F)cc(-c2ccccc2F)cc1F. The third-order valence-corrected chi connectivity index (χ3v) is 5.46. The fraction of sp³-hybridized carbons (Fsp3) is 0.174. The number of nitrogens with one attached hydrogen (secondary N) is 1. The van der Waals surface area contributed by atoms with Crippen molar-refractivity contribution >= 4 is 11.6 Å². The highest BCUT2D eigenvalue weighted by atomic mass is 19.1. The molecule has 0 aliphatic heterocycles. The minimum absolute atomic E-state index is 0.0207. The van der Waals surface area contributed by atoms with Crippen LogP contribution in [0.2, 0.25) is 0 Å². The lowest BCUT2D eigenvalue weighted by Gasteiger charge is -2.13. The van der Waals surface area contributed by atoms with Gasteiger partial charge in [0.1, 0.15) is 28.7 Å². The van der Waals surface area contributed by atoms with Gasteiger partial charge in [0.05, 0.1) is 0 Å². The number of halogens is 3. The molecule has 0 heterocycles. The van der Waals surface area contributed by atoms with Crippen LogP contribution in [0.15, 0.2) is 65.8 Å². The molecule has 1 amide bonds. The molecule has 4 nitrogen and oxygen atoms in total. The minimum atomic E-state index is -1.02. The van der Waals surface area contributed by atoms with E-state index >= 15 is 0 Å². The Balaban J connectivity index is 1.64. The van der Waals surface area contributed by atoms with E-state index in [-0.39, 0.29) is 22.6 Å². The summed E-state index contributed by atoms with van der Waals surface area (Å²) in [6.45, 7) is 1.69. The molecule has 0 radical (unpaired) electrons. The van der Waals surface area contributed by atoms with Gasteiger partial charge in [-0.05, 0) is 48.7 Å². The zero-order chi connectivity index (χ0) is 21.5. The van der Waals surface area contributed by atoms with Crippen molar-refractivity contribution in [2.24, 2.45) is 5.18 Å². The van der Waals surface area contributed by atoms with Gasteiger partial charge in [0.2, 0.25) is 0 Å². The summed E-state index contributed by atoms with van der Waals surface area (Å²) in [6.07, 6.45) is 0.501. The van der Waals surface area contributed by atoms with Gasteiger partial charge < -0.3 is 5.32 Å². The molecule has 0 aromatic heterocycles. The first-order valence-corrected chi connectivity index (χ1v) is 9.33. The lowest BCUT2D eigenvalue weighted by Crippen LogP contribution is -2.17. The molecule has 1 aliphatic carbocycles. The number of hydrogen-bond donors (Lipinski definition) is 1. The van der Waals surface area contributed by atoms with Gasteiger partial charge in [-0.15, -0.1) is 0 Å². The number of amides is 1. The Morgan fingerprint density at radius 3 is 2.27 bits per heavy atom. The average Bonchev–Trinajstić information content (AvgIpc) is 3.42. The van der Waals surface area contributed by atoms with Crippen LogP contribution in [-0.2, 0) is 0 Å². The Hall–Kier alpha value is -3.48. The number of carbonyl (C=O) groups is 1. The van der Waals surface area contributed by atoms with Crippen LogP contribution in [0.5, 0.6) is 0 Å². The second-order valence-corrected chi connectivity index (χ2v) is 7.54. The maximum atomic E-state index is 14.6. The Labute approximate surface area is 170 Å². The number of anilines is 1. The molecule has 152 valence electrons. The average molecular weight is 410 g/mol. The summed E-state index contributed by atoms with van der Waals surface area (Å²) in [5.74, 6) is -3.59. The van der Waals surface area contributed by atoms with Crippen molar-refractivity contribution in [2.75, 3.05) is 5.32 Å². The molecule has 2 unspecified atom stereocenters. The molecule has 7 heteroatoms. The fourth-order valence-electron chi connectivity index (χ4n) is 3.63. The lowest BCUT2D eigenvalue weighted by molar-refractivity contribution is 0.102. The van der Waals surface area contributed by atoms with E-state index in [1.807, 2.05) is 0 Å². The Kier molecular flexibility index (Phi) is 4.89. The van der Waals surface area contributed by atoms with Crippen LogP contribution in [0, 0.1) is 22.4 Å². The van der Waals surface area contributed by atoms with Crippen LogP contribution >= 0.6 is 0 Å². The molecule has 0 bridgehead atoms. The molecule has 1 aliphatic rings. The zero-order valence-electron chi connectivity index (χ0n) is 16.0. The van der Waals surface area contributed by atoms with E-state index in [0.717, 1.165) is 12.1 Å². The molecular weight excluding hydrogens is 393 g/mol. The largest absolute Gasteiger partial charge is 0.317 e. The Morgan fingerprint density at radius 1 is 1.00 bits per heavy atom. The summed E-state index contributed by atoms with van der Waals surface area (Å²) in [7, 11) is 0. The van der Waals surface area contributed by atoms with Crippen molar-refractivity contribution in [2.45, 2.75) is 24.8 Å². The highest BCUT2D eigenvalue weighted by Crippen LogP contribution is 2.54. The normalized spacial score (nSPS) is 19.9. The number of carbonyl (C=O) groups excluding carboxylic acids is 1. The smallest absolute Gasteiger partial charge is 0.256 e. The van der Waals surface area contributed by atoms with E-state index in [1.54, 1.807) is 31.2 Å². The summed E-state index contributed by atoms with van der Waals surface area (Å²) in [4.78, 5) is 23.8. The molecule has 1 fully saturated rings. The molecule has 1 N–H and O–H groups in total. The maximum Gasteiger partial charge on any atom is 0.256 e. The van der Waals surface area contributed by atoms with E-state index < -0.39 is 34.6 Å². The van der Waals surface area contributed by atoms with Gasteiger partial charge in [-0.25, -0.2) is 13.2 Å². The number of nitroso groups, excluding NO2 is 1. The van der Waals surface area contributed by atoms with Gasteiger partial charge >= 0.3 is 0 Å². The van der Waals surface area contributed by atoms with Gasteiger partial charge in [0.15, 0.2) is 0 Å². The van der Waals surface area contributed by atoms with Crippen LogP contribution < -0.4 is 5.32 Å². The fourth-order valence-corrected chi connectivity index (χ4v) is 3.63. The molecule has 0 saturated heterocycles. The maximum absolute atomic E-state index is 14.6. The summed E-state index contributed by atoms with van der Waals surface area (Å²) in [5, 5.41) is 5.38. The van der Waals surface area contributed by atoms with Crippen molar-refractivity contribution in [3.05, 3.63) is 94.1 Å². The van der Waals surface area contributed by atoms with Crippen molar-refractivity contribution in [3.8, 4) is 11.1 Å². The van der Waals surface area contributed by atoms with E-state index in [4.69, 9.17) is 0 Å². The minimum Gasteiger partial charge on any atom is -0.317 e. The van der Waals surface area contributed by atoms with E-state index in [9.17, 15) is 22.9 Å². The molecule has 30 heavy (non-hydrogen) atoms. The third-order valence-electron chi connectivity index (χ3n) is 5.46. The first-order chi connectivity index (χ1) is 14.3. The van der Waals surface area contributed by atoms with E-state index in [1.165, 1.54) is 24.3 Å². The first-order valence-electron chi connectivity index (χ1n) is 9.33. The number of rotatable bonds is 5. The Bertz CT molecular complexity index is 1140. The van der Waals surface area contributed by atoms with Crippen LogP contribution in [0.1, 0.15) is 35.2 Å². The van der Waals surface area contributed by atoms with Gasteiger partial charge in [0, 0.05) is 17.0 Å². The van der Waals surface area contributed by atoms with Gasteiger partial charge in [-0.1, -0.05) is 41.6 Å². The molecule has 3 aromatic rings. The number of nitrogens with zero attached hydrogens (tertiary/aromatic N) is 1. The van der Waals surface area contributed by atoms with Crippen LogP contribution in [0.3, 0.4) is 0 Å². The van der Waals surface area contributed by atoms with E-state index in [2.05, 4.69) is 10.5 Å². The number of hydrogen-bond acceptors (Lipinski definition) is 3. The second kappa shape index (κ2) is 7.40. The van der Waals surface area contributed by atoms with Gasteiger partial charge in [0.25, 0.3) is 5.91 Å². The van der Waals surface area contributed by atoms with Crippen molar-refractivity contribution in [1.82, 2.24) is 0 Å². The van der Waals surface area contributed by atoms with Crippen molar-refractivity contribution < 1.29 is 18.0 Å². The Morgan fingerprint density at radius 2 is 1.63 bits per heavy atom. The van der Waals surface area contributed by atoms with E-state index in [0.29, 0.717) is 12.0 Å². The third kappa shape index (κ3) is 3.47. The van der Waals surface area contributed by atoms with Gasteiger partial charge in [-0.3, -0.25) is 4.79 Å². The molecule has 2 atom stereocenters. The quantitative estimate of drug-likeness (QED) is 0.522. The second-order valence-electron chi connectivity index (χ2n) is 7.54. The molecule has 0 spiro atoms. The first kappa shape index (κ1) is 19.8. The van der Waals surface area contributed by atoms with Crippen LogP contribution in [-0.4, -0.2) is 11.4 Å². The highest BCUT2D eigenvalue weighted by molar-refractivity contribution is 6.05. The van der Waals surface area contributed by atoms with Crippen LogP contribution in [0.4, 0.5) is 18.9 Å². The summed E-state index contributed by atoms with van der Waals surface area (Å²) >= 11 is 0. The van der Waals surface area contributed by atoms with Gasteiger partial charge in [-0.2, -0.15) is 4.91 Å². The molecule has 3 aromatic carbocycles. The van der Waals surface area contributed by atoms with Crippen molar-refractivity contribution in [3.63, 3.8) is 0 Å². The predicted molar refractivity (Wildman–Crippen MR) is 108 cm³/mol. The zero-order valence-corrected chi connectivity index (χ0v) is 16.0. The molecule has 1 saturated carbocycles. The summed E-state index contributed by atoms with van der Waals surface area (Å²) < 4.78 is 43.2. The molecule has 4 rings (SSSR count). The standard InChI is InChI=1S/C23H17F3N2O2/c1-23(28-30)12-17(23)15-7-2-3-8-16(15)22(29)27-21-19(25)10-13(11-20(21)26)14-6-4-5-9-18(14)24/h2-11,17H,12H2,1H3,(H,27,29). The van der Waals surface area contributed by atoms with Crippen LogP contribution in [0.25, 0.3) is 11.1 Å². The molecular formula is C23H17F3N2O2. The lowest BCUT2D eigenvalue weighted by atomic mass is 10.00. The summed E-state index contributed by atoms with van der Waals surface area (Å²) in [6, 6.07) is 14.1. The topological polar surface area (TPSA) is 58.5 Å². The highest BCUT2D eigenvalue weighted by Gasteiger charge is 2.54. The number of benzene rings is 3. The summed E-state index contributed by atoms with van der Waals surface area (Å²) in [5.41, 5.74) is -0.524. The van der Waals surface area contributed by atoms with Crippen molar-refractivity contribution in [1.29, 1.82) is 0 Å². The predicted octanol–water partition coefficient (Wildman–Crippen LogP) is 6.04.